The minimum atomic E-state index is -0.771. The minimum Gasteiger partial charge on any atom is -0.388 e. The van der Waals surface area contributed by atoms with Crippen molar-refractivity contribution < 1.29 is 5.11 Å². The van der Waals surface area contributed by atoms with Gasteiger partial charge in [-0.1, -0.05) is 13.8 Å². The SMILES string of the molecule is CC(C)C1CCC(C#N)(C2(O)CCCNCC2)CC1. The Morgan fingerprint density at radius 1 is 1.16 bits per heavy atom. The van der Waals surface area contributed by atoms with Gasteiger partial charge < -0.3 is 10.4 Å². The molecule has 2 N–H and O–H groups in total. The van der Waals surface area contributed by atoms with Gasteiger partial charge in [-0.2, -0.15) is 5.26 Å². The third-order valence-electron chi connectivity index (χ3n) is 5.59. The molecule has 19 heavy (non-hydrogen) atoms. The lowest BCUT2D eigenvalue weighted by Crippen LogP contribution is -2.50. The molecule has 2 aliphatic rings. The summed E-state index contributed by atoms with van der Waals surface area (Å²) in [4.78, 5) is 0. The van der Waals surface area contributed by atoms with E-state index in [0.717, 1.165) is 64.0 Å². The number of rotatable bonds is 2. The lowest BCUT2D eigenvalue weighted by atomic mass is 9.59. The van der Waals surface area contributed by atoms with Crippen molar-refractivity contribution in [2.45, 2.75) is 64.4 Å². The average Bonchev–Trinajstić information content (AvgIpc) is 2.64. The molecule has 3 nitrogen and oxygen atoms in total. The highest BCUT2D eigenvalue weighted by atomic mass is 16.3. The molecule has 0 radical (unpaired) electrons. The summed E-state index contributed by atoms with van der Waals surface area (Å²) in [6.07, 6.45) is 6.44. The van der Waals surface area contributed by atoms with Crippen LogP contribution in [0.5, 0.6) is 0 Å². The molecule has 0 aromatic rings. The van der Waals surface area contributed by atoms with Gasteiger partial charge in [0.05, 0.1) is 17.1 Å². The standard InChI is InChI=1S/C16H28N2O/c1-13(2)14-4-7-15(12-17,8-5-14)16(19)6-3-10-18-11-9-16/h13-14,18-19H,3-11H2,1-2H3. The number of aliphatic hydroxyl groups is 1. The van der Waals surface area contributed by atoms with Crippen molar-refractivity contribution in [3.05, 3.63) is 0 Å². The second-order valence-electron chi connectivity index (χ2n) is 6.91. The summed E-state index contributed by atoms with van der Waals surface area (Å²) in [5.74, 6) is 1.43. The van der Waals surface area contributed by atoms with Gasteiger partial charge in [0, 0.05) is 0 Å². The van der Waals surface area contributed by atoms with Crippen molar-refractivity contribution in [3.63, 3.8) is 0 Å². The van der Waals surface area contributed by atoms with Crippen LogP contribution in [0.2, 0.25) is 0 Å². The van der Waals surface area contributed by atoms with E-state index in [1.54, 1.807) is 0 Å². The number of nitrogens with one attached hydrogen (secondary N) is 1. The van der Waals surface area contributed by atoms with Crippen LogP contribution in [0.3, 0.4) is 0 Å². The van der Waals surface area contributed by atoms with Gasteiger partial charge in [0.1, 0.15) is 0 Å². The second-order valence-corrected chi connectivity index (χ2v) is 6.91. The average molecular weight is 264 g/mol. The molecule has 0 spiro atoms. The predicted octanol–water partition coefficient (Wildman–Crippen LogP) is 2.85. The molecule has 1 aliphatic heterocycles. The Bertz CT molecular complexity index is 329. The predicted molar refractivity (Wildman–Crippen MR) is 76.5 cm³/mol. The maximum Gasteiger partial charge on any atom is 0.0861 e. The van der Waals surface area contributed by atoms with Crippen molar-refractivity contribution in [1.29, 1.82) is 5.26 Å². The van der Waals surface area contributed by atoms with Crippen molar-refractivity contribution in [3.8, 4) is 6.07 Å². The molecular weight excluding hydrogens is 236 g/mol. The molecule has 1 saturated heterocycles. The highest BCUT2D eigenvalue weighted by Crippen LogP contribution is 2.50. The fourth-order valence-corrected chi connectivity index (χ4v) is 4.01. The Morgan fingerprint density at radius 3 is 2.42 bits per heavy atom. The molecule has 1 saturated carbocycles. The van der Waals surface area contributed by atoms with Gasteiger partial charge in [0.2, 0.25) is 0 Å². The lowest BCUT2D eigenvalue weighted by Gasteiger charge is -2.47. The topological polar surface area (TPSA) is 56.0 Å². The largest absolute Gasteiger partial charge is 0.388 e. The van der Waals surface area contributed by atoms with Crippen LogP contribution < -0.4 is 5.32 Å². The van der Waals surface area contributed by atoms with E-state index >= 15 is 0 Å². The number of hydrogen-bond donors (Lipinski definition) is 2. The van der Waals surface area contributed by atoms with Crippen molar-refractivity contribution >= 4 is 0 Å². The zero-order chi connectivity index (χ0) is 13.9. The van der Waals surface area contributed by atoms with E-state index in [1.165, 1.54) is 0 Å². The third kappa shape index (κ3) is 2.80. The normalized spacial score (nSPS) is 40.7. The Labute approximate surface area is 117 Å². The first-order valence-electron chi connectivity index (χ1n) is 7.87. The molecule has 2 rings (SSSR count). The summed E-state index contributed by atoms with van der Waals surface area (Å²) in [6, 6.07) is 2.54. The molecule has 1 heterocycles. The van der Waals surface area contributed by atoms with E-state index in [0.29, 0.717) is 5.92 Å². The van der Waals surface area contributed by atoms with E-state index in [-0.39, 0.29) is 0 Å². The quantitative estimate of drug-likeness (QED) is 0.806. The van der Waals surface area contributed by atoms with Crippen LogP contribution in [-0.2, 0) is 0 Å². The molecule has 0 aromatic carbocycles. The van der Waals surface area contributed by atoms with Gasteiger partial charge in [-0.25, -0.2) is 0 Å². The second kappa shape index (κ2) is 5.81. The van der Waals surface area contributed by atoms with E-state index in [4.69, 9.17) is 0 Å². The van der Waals surface area contributed by atoms with Crippen LogP contribution in [0.4, 0.5) is 0 Å². The number of hydrogen-bond acceptors (Lipinski definition) is 3. The van der Waals surface area contributed by atoms with Gasteiger partial charge >= 0.3 is 0 Å². The molecule has 0 aromatic heterocycles. The molecule has 1 unspecified atom stereocenters. The molecule has 1 aliphatic carbocycles. The van der Waals surface area contributed by atoms with Crippen molar-refractivity contribution in [2.75, 3.05) is 13.1 Å². The summed E-state index contributed by atoms with van der Waals surface area (Å²) in [7, 11) is 0. The first kappa shape index (κ1) is 14.8. The van der Waals surface area contributed by atoms with Crippen molar-refractivity contribution in [2.24, 2.45) is 17.3 Å². The lowest BCUT2D eigenvalue weighted by molar-refractivity contribution is -0.0884. The molecule has 0 bridgehead atoms. The van der Waals surface area contributed by atoms with Gasteiger partial charge in [-0.05, 0) is 69.9 Å². The van der Waals surface area contributed by atoms with Crippen molar-refractivity contribution in [1.82, 2.24) is 5.32 Å². The minimum absolute atomic E-state index is 0.496. The van der Waals surface area contributed by atoms with Gasteiger partial charge in [-0.15, -0.1) is 0 Å². The fourth-order valence-electron chi connectivity index (χ4n) is 4.01. The summed E-state index contributed by atoms with van der Waals surface area (Å²) in [6.45, 7) is 6.36. The summed E-state index contributed by atoms with van der Waals surface area (Å²) >= 11 is 0. The maximum absolute atomic E-state index is 11.1. The molecule has 2 fully saturated rings. The van der Waals surface area contributed by atoms with Crippen LogP contribution in [0.1, 0.15) is 58.8 Å². The first-order chi connectivity index (χ1) is 9.03. The molecule has 3 heteroatoms. The van der Waals surface area contributed by atoms with Crippen LogP contribution in [0, 0.1) is 28.6 Å². The monoisotopic (exact) mass is 264 g/mol. The van der Waals surface area contributed by atoms with Gasteiger partial charge in [-0.3, -0.25) is 0 Å². The zero-order valence-electron chi connectivity index (χ0n) is 12.4. The molecule has 0 amide bonds. The molecule has 108 valence electrons. The molecule has 1 atom stereocenters. The number of nitrogens with zero attached hydrogens (tertiary/aromatic N) is 1. The third-order valence-corrected chi connectivity index (χ3v) is 5.59. The number of nitriles is 1. The highest BCUT2D eigenvalue weighted by Gasteiger charge is 2.52. The van der Waals surface area contributed by atoms with Gasteiger partial charge in [0.15, 0.2) is 0 Å². The Hall–Kier alpha value is -0.590. The van der Waals surface area contributed by atoms with Crippen LogP contribution in [-0.4, -0.2) is 23.8 Å². The van der Waals surface area contributed by atoms with Gasteiger partial charge in [0.25, 0.3) is 0 Å². The van der Waals surface area contributed by atoms with E-state index < -0.39 is 11.0 Å². The fraction of sp³-hybridized carbons (Fsp3) is 0.938. The maximum atomic E-state index is 11.1. The Balaban J connectivity index is 2.13. The van der Waals surface area contributed by atoms with E-state index in [2.05, 4.69) is 25.2 Å². The first-order valence-corrected chi connectivity index (χ1v) is 7.87. The van der Waals surface area contributed by atoms with E-state index in [1.807, 2.05) is 0 Å². The van der Waals surface area contributed by atoms with Crippen LogP contribution in [0.15, 0.2) is 0 Å². The zero-order valence-corrected chi connectivity index (χ0v) is 12.4. The summed E-state index contributed by atoms with van der Waals surface area (Å²) < 4.78 is 0. The smallest absolute Gasteiger partial charge is 0.0861 e. The Morgan fingerprint density at radius 2 is 1.84 bits per heavy atom. The summed E-state index contributed by atoms with van der Waals surface area (Å²) in [5, 5.41) is 24.2. The van der Waals surface area contributed by atoms with E-state index in [9.17, 15) is 10.4 Å². The Kier molecular flexibility index (Phi) is 4.53. The van der Waals surface area contributed by atoms with Crippen LogP contribution >= 0.6 is 0 Å². The highest BCUT2D eigenvalue weighted by molar-refractivity contribution is 5.13. The van der Waals surface area contributed by atoms with Crippen LogP contribution in [0.25, 0.3) is 0 Å². The summed E-state index contributed by atoms with van der Waals surface area (Å²) in [5.41, 5.74) is -1.27. The molecular formula is C16H28N2O.